The molecule has 2 heterocycles. The van der Waals surface area contributed by atoms with Crippen molar-refractivity contribution in [2.24, 2.45) is 130 Å². The largest absolute Gasteiger partial charge is 0.295 e. The molecule has 17 aliphatic rings. The first-order chi connectivity index (χ1) is 42.8. The van der Waals surface area contributed by atoms with Gasteiger partial charge in [0.05, 0.1) is 0 Å². The molecule has 3 heteroatoms. The summed E-state index contributed by atoms with van der Waals surface area (Å²) in [5, 5.41) is 0. The second-order valence-corrected chi connectivity index (χ2v) is 39.1. The van der Waals surface area contributed by atoms with Crippen LogP contribution in [0.15, 0.2) is 0 Å². The van der Waals surface area contributed by atoms with Crippen LogP contribution in [0.4, 0.5) is 0 Å². The van der Waals surface area contributed by atoms with E-state index < -0.39 is 0 Å². The molecular weight excluding hydrogens is 1050 g/mol. The third-order valence-corrected chi connectivity index (χ3v) is 35.3. The van der Waals surface area contributed by atoms with Gasteiger partial charge in [-0.05, 0) is 250 Å². The van der Waals surface area contributed by atoms with Crippen LogP contribution in [-0.2, 0) is 0 Å². The minimum Gasteiger partial charge on any atom is -0.295 e. The normalized spacial score (nSPS) is 50.2. The van der Waals surface area contributed by atoms with Gasteiger partial charge in [-0.25, -0.2) is 0 Å². The lowest BCUT2D eigenvalue weighted by Crippen LogP contribution is -2.77. The summed E-state index contributed by atoms with van der Waals surface area (Å²) in [6.07, 6.45) is 79.7. The van der Waals surface area contributed by atoms with Crippen molar-refractivity contribution in [2.75, 3.05) is 0 Å². The van der Waals surface area contributed by atoms with Crippen LogP contribution in [-0.4, -0.2) is 52.8 Å². The topological polar surface area (TPSA) is 6.48 Å². The number of nitrogens with zero attached hydrogens (tertiary/aromatic N) is 2. The van der Waals surface area contributed by atoms with Crippen molar-refractivity contribution in [3.63, 3.8) is 0 Å². The maximum atomic E-state index is 3.90. The zero-order valence-corrected chi connectivity index (χ0v) is 57.6. The molecule has 488 valence electrons. The Kier molecular flexibility index (Phi) is 18.0. The van der Waals surface area contributed by atoms with E-state index in [4.69, 9.17) is 0 Å². The molecule has 15 aliphatic carbocycles. The summed E-state index contributed by atoms with van der Waals surface area (Å²) in [6.45, 7) is 9.45. The Bertz CT molecular complexity index is 2160. The Labute approximate surface area is 538 Å². The fourth-order valence-corrected chi connectivity index (χ4v) is 32.5. The minimum atomic E-state index is 0.379. The van der Waals surface area contributed by atoms with Gasteiger partial charge in [0.15, 0.2) is 6.71 Å². The molecule has 0 bridgehead atoms. The summed E-state index contributed by atoms with van der Waals surface area (Å²) >= 11 is 0. The monoisotopic (exact) mass is 1190 g/mol. The Morgan fingerprint density at radius 2 is 0.575 bits per heavy atom. The summed E-state index contributed by atoms with van der Waals surface area (Å²) in [5.74, 6) is 25.0. The fourth-order valence-electron chi connectivity index (χ4n) is 32.5. The molecule has 87 heavy (non-hydrogen) atoms. The molecular formula is C84H139BN2. The van der Waals surface area contributed by atoms with Gasteiger partial charge in [0.25, 0.3) is 0 Å². The van der Waals surface area contributed by atoms with Gasteiger partial charge < -0.3 is 0 Å². The van der Waals surface area contributed by atoms with Crippen LogP contribution < -0.4 is 0 Å². The minimum absolute atomic E-state index is 0.379. The average molecular weight is 1190 g/mol. The summed E-state index contributed by atoms with van der Waals surface area (Å²) in [5.41, 5.74) is 0.379. The van der Waals surface area contributed by atoms with E-state index in [1.54, 1.807) is 289 Å². The molecule has 15 saturated carbocycles. The molecule has 17 rings (SSSR count). The summed E-state index contributed by atoms with van der Waals surface area (Å²) in [4.78, 5) is 7.78. The van der Waals surface area contributed by atoms with E-state index in [0.717, 1.165) is 185 Å². The van der Waals surface area contributed by atoms with Gasteiger partial charge in [0.2, 0.25) is 0 Å². The predicted octanol–water partition coefficient (Wildman–Crippen LogP) is 23.1. The highest BCUT2D eigenvalue weighted by molar-refractivity contribution is 6.65. The molecule has 23 atom stereocenters. The molecule has 0 N–H and O–H groups in total. The Morgan fingerprint density at radius 1 is 0.241 bits per heavy atom. The quantitative estimate of drug-likeness (QED) is 0.224. The molecule has 0 aromatic heterocycles. The Morgan fingerprint density at radius 3 is 1.01 bits per heavy atom. The van der Waals surface area contributed by atoms with Crippen molar-refractivity contribution in [1.82, 2.24) is 9.80 Å². The molecule has 0 aromatic rings. The molecule has 2 nitrogen and oxygen atoms in total. The third kappa shape index (κ3) is 11.0. The van der Waals surface area contributed by atoms with Crippen LogP contribution in [0, 0.1) is 130 Å². The van der Waals surface area contributed by atoms with E-state index in [1.807, 2.05) is 0 Å². The van der Waals surface area contributed by atoms with Crippen LogP contribution in [0.2, 0.25) is 17.5 Å². The maximum absolute atomic E-state index is 3.90. The average Bonchev–Trinajstić information content (AvgIpc) is 1.09. The first kappa shape index (κ1) is 60.6. The number of rotatable bonds is 8. The molecule has 2 aliphatic heterocycles. The lowest BCUT2D eigenvalue weighted by Gasteiger charge is -2.72. The van der Waals surface area contributed by atoms with Gasteiger partial charge >= 0.3 is 0 Å². The Balaban J connectivity index is 0.818. The highest BCUT2D eigenvalue weighted by atomic mass is 15.3. The number of fused-ring (bicyclic) bond motifs is 6. The third-order valence-electron chi connectivity index (χ3n) is 35.3. The second kappa shape index (κ2) is 25.9. The predicted molar refractivity (Wildman–Crippen MR) is 367 cm³/mol. The van der Waals surface area contributed by atoms with Gasteiger partial charge in [0.1, 0.15) is 0 Å². The van der Waals surface area contributed by atoms with E-state index >= 15 is 0 Å². The first-order valence-electron chi connectivity index (χ1n) is 42.4. The first-order valence-corrected chi connectivity index (χ1v) is 42.4. The van der Waals surface area contributed by atoms with E-state index in [9.17, 15) is 0 Å². The van der Waals surface area contributed by atoms with Crippen molar-refractivity contribution in [1.29, 1.82) is 0 Å². The van der Waals surface area contributed by atoms with Gasteiger partial charge in [-0.15, -0.1) is 0 Å². The van der Waals surface area contributed by atoms with Crippen LogP contribution in [0.3, 0.4) is 0 Å². The van der Waals surface area contributed by atoms with Gasteiger partial charge in [-0.1, -0.05) is 239 Å². The van der Waals surface area contributed by atoms with Crippen LogP contribution in [0.5, 0.6) is 0 Å². The molecule has 23 unspecified atom stereocenters. The Hall–Kier alpha value is -0.0151. The van der Waals surface area contributed by atoms with Crippen molar-refractivity contribution < 1.29 is 0 Å². The van der Waals surface area contributed by atoms with Gasteiger partial charge in [-0.2, -0.15) is 0 Å². The molecule has 0 radical (unpaired) electrons. The molecule has 0 spiro atoms. The smallest absolute Gasteiger partial charge is 0.156 e. The number of hydrogen-bond acceptors (Lipinski definition) is 2. The van der Waals surface area contributed by atoms with Gasteiger partial charge in [0, 0.05) is 36.3 Å². The lowest BCUT2D eigenvalue weighted by atomic mass is 9.17. The lowest BCUT2D eigenvalue weighted by molar-refractivity contribution is -0.159. The molecule has 2 saturated heterocycles. The molecule has 0 aromatic carbocycles. The highest BCUT2D eigenvalue weighted by Crippen LogP contribution is 2.71. The van der Waals surface area contributed by atoms with E-state index in [2.05, 4.69) is 30.6 Å². The van der Waals surface area contributed by atoms with Gasteiger partial charge in [-0.3, -0.25) is 9.80 Å². The van der Waals surface area contributed by atoms with Crippen molar-refractivity contribution in [2.45, 2.75) is 396 Å². The second-order valence-electron chi connectivity index (χ2n) is 39.1. The number of hydrogen-bond donors (Lipinski definition) is 0. The summed E-state index contributed by atoms with van der Waals surface area (Å²) in [7, 11) is 0. The standard InChI is InChI=1S/C84H139BN2/c1-84(2,3)62-52-77-81-78(53-62)87(83-66(57-30-15-7-16-31-57)38-22-39-67(83)58-32-17-8-18-33-58)76-49-45-61(63-46-47-72-70-41-20-35-59-34-19-40-69(79(59)70)71-43-23-42-68(63)80(71)72)51-74(76)85(81)73-50-60(54-24-9-4-10-25-54)44-48-75(73)86(77)82-64(55-26-11-5-12-27-55)36-21-37-65(82)56-28-13-6-14-29-56/h54-83H,4-53H2,1-3H3. The van der Waals surface area contributed by atoms with Crippen LogP contribution >= 0.6 is 0 Å². The fraction of sp³-hybridized carbons (Fsp3) is 1.00. The van der Waals surface area contributed by atoms with Crippen molar-refractivity contribution >= 4 is 6.71 Å². The zero-order valence-electron chi connectivity index (χ0n) is 57.6. The molecule has 17 fully saturated rings. The summed E-state index contributed by atoms with van der Waals surface area (Å²) in [6, 6.07) is 5.26. The molecule has 0 amide bonds. The maximum Gasteiger partial charge on any atom is 0.156 e. The van der Waals surface area contributed by atoms with Crippen molar-refractivity contribution in [3.8, 4) is 0 Å². The van der Waals surface area contributed by atoms with E-state index in [-0.39, 0.29) is 0 Å². The van der Waals surface area contributed by atoms with E-state index in [1.165, 1.54) is 32.1 Å². The SMILES string of the molecule is CC(C)(C)C1CC2C3B(C4CC(C5CCCCC5)CCC4N2C2C(C4CCCCC4)CCCC2C2CCCCC2)C2CC(C4CCC5C6CCCC7CCCC(C8CCCC4C85)C76)CCC2N(C2C(C4CCCCC4)CCCC2C2CCCCC2)C3C1. The van der Waals surface area contributed by atoms with Crippen molar-refractivity contribution in [3.05, 3.63) is 0 Å². The highest BCUT2D eigenvalue weighted by Gasteiger charge is 2.69. The van der Waals surface area contributed by atoms with Crippen LogP contribution in [0.25, 0.3) is 0 Å². The van der Waals surface area contributed by atoms with Crippen LogP contribution in [0.1, 0.15) is 342 Å². The zero-order chi connectivity index (χ0) is 57.9. The van der Waals surface area contributed by atoms with E-state index in [0.29, 0.717) is 5.41 Å². The summed E-state index contributed by atoms with van der Waals surface area (Å²) < 4.78 is 0.